The van der Waals surface area contributed by atoms with Crippen LogP contribution in [-0.2, 0) is 15.9 Å². The average Bonchev–Trinajstić information content (AvgIpc) is 2.96. The Bertz CT molecular complexity index is 523. The Kier molecular flexibility index (Phi) is 4.75. The fraction of sp³-hybridized carbons (Fsp3) is 0.636. The van der Waals surface area contributed by atoms with Gasteiger partial charge in [0.05, 0.1) is 9.67 Å². The van der Waals surface area contributed by atoms with E-state index in [2.05, 4.69) is 15.9 Å². The molecule has 0 saturated heterocycles. The van der Waals surface area contributed by atoms with Crippen LogP contribution in [0.15, 0.2) is 14.7 Å². The molecule has 0 N–H and O–H groups in total. The van der Waals surface area contributed by atoms with E-state index in [1.807, 2.05) is 0 Å². The maximum Gasteiger partial charge on any atom is 0.245 e. The van der Waals surface area contributed by atoms with Crippen molar-refractivity contribution in [3.8, 4) is 0 Å². The summed E-state index contributed by atoms with van der Waals surface area (Å²) in [6.45, 7) is 0. The average molecular weight is 373 g/mol. The van der Waals surface area contributed by atoms with Gasteiger partial charge in [0.15, 0.2) is 0 Å². The molecule has 18 heavy (non-hydrogen) atoms. The zero-order chi connectivity index (χ0) is 13.3. The van der Waals surface area contributed by atoms with Gasteiger partial charge in [-0.05, 0) is 34.8 Å². The van der Waals surface area contributed by atoms with Crippen LogP contribution in [0.5, 0.6) is 0 Å². The lowest BCUT2D eigenvalue weighted by Crippen LogP contribution is -2.35. The Hall–Kier alpha value is 0.380. The largest absolute Gasteiger partial charge is 0.245 e. The first-order valence-electron chi connectivity index (χ1n) is 5.79. The van der Waals surface area contributed by atoms with Crippen molar-refractivity contribution in [3.05, 3.63) is 14.7 Å². The molecule has 1 fully saturated rings. The number of hydrogen-bond donors (Lipinski definition) is 0. The van der Waals surface area contributed by atoms with E-state index in [0.29, 0.717) is 14.6 Å². The molecule has 0 bridgehead atoms. The minimum Gasteiger partial charge on any atom is -0.207 e. The fourth-order valence-corrected chi connectivity index (χ4v) is 6.40. The van der Waals surface area contributed by atoms with E-state index in [0.717, 1.165) is 30.6 Å². The fourth-order valence-electron chi connectivity index (χ4n) is 2.26. The highest BCUT2D eigenvalue weighted by Gasteiger charge is 2.32. The molecular weight excluding hydrogens is 358 g/mol. The highest BCUT2D eigenvalue weighted by atomic mass is 79.9. The van der Waals surface area contributed by atoms with Gasteiger partial charge < -0.3 is 0 Å². The molecule has 1 aliphatic rings. The van der Waals surface area contributed by atoms with E-state index in [1.165, 1.54) is 15.6 Å². The highest BCUT2D eigenvalue weighted by Crippen LogP contribution is 2.36. The van der Waals surface area contributed by atoms with Gasteiger partial charge in [0, 0.05) is 18.0 Å². The number of sulfonamides is 1. The summed E-state index contributed by atoms with van der Waals surface area (Å²) in [5, 5.41) is 0. The van der Waals surface area contributed by atoms with Crippen LogP contribution in [-0.4, -0.2) is 25.8 Å². The number of rotatable bonds is 4. The molecule has 7 heteroatoms. The van der Waals surface area contributed by atoms with Gasteiger partial charge in [0.2, 0.25) is 10.0 Å². The predicted molar refractivity (Wildman–Crippen MR) is 78.8 cm³/mol. The van der Waals surface area contributed by atoms with Crippen molar-refractivity contribution in [1.82, 2.24) is 4.31 Å². The molecule has 0 radical (unpaired) electrons. The SMILES string of the molecule is CN(C1CCCC1)S(=O)(=O)c1cc(CCl)sc1Br. The summed E-state index contributed by atoms with van der Waals surface area (Å²) in [6, 6.07) is 1.81. The number of alkyl halides is 1. The summed E-state index contributed by atoms with van der Waals surface area (Å²) in [5.74, 6) is 0.339. The topological polar surface area (TPSA) is 37.4 Å². The molecule has 1 saturated carbocycles. The second-order valence-electron chi connectivity index (χ2n) is 4.44. The number of hydrogen-bond acceptors (Lipinski definition) is 3. The molecule has 2 rings (SSSR count). The molecule has 0 unspecified atom stereocenters. The second kappa shape index (κ2) is 5.79. The third-order valence-corrected chi connectivity index (χ3v) is 7.94. The summed E-state index contributed by atoms with van der Waals surface area (Å²) in [4.78, 5) is 1.21. The number of nitrogens with zero attached hydrogens (tertiary/aromatic N) is 1. The second-order valence-corrected chi connectivity index (χ2v) is 9.13. The Balaban J connectivity index is 2.31. The molecule has 0 aliphatic heterocycles. The van der Waals surface area contributed by atoms with Gasteiger partial charge in [0.25, 0.3) is 0 Å². The smallest absolute Gasteiger partial charge is 0.207 e. The van der Waals surface area contributed by atoms with Crippen LogP contribution < -0.4 is 0 Å². The first-order chi connectivity index (χ1) is 8.46. The molecule has 0 amide bonds. The van der Waals surface area contributed by atoms with Crippen LogP contribution in [0, 0.1) is 0 Å². The van der Waals surface area contributed by atoms with Crippen LogP contribution >= 0.6 is 38.9 Å². The molecule has 102 valence electrons. The van der Waals surface area contributed by atoms with E-state index >= 15 is 0 Å². The van der Waals surface area contributed by atoms with Crippen molar-refractivity contribution in [1.29, 1.82) is 0 Å². The van der Waals surface area contributed by atoms with Gasteiger partial charge in [-0.3, -0.25) is 0 Å². The normalized spacial score (nSPS) is 17.8. The van der Waals surface area contributed by atoms with Crippen molar-refractivity contribution < 1.29 is 8.42 Å². The van der Waals surface area contributed by atoms with Gasteiger partial charge in [-0.15, -0.1) is 22.9 Å². The predicted octanol–water partition coefficient (Wildman–Crippen LogP) is 3.81. The lowest BCUT2D eigenvalue weighted by molar-refractivity contribution is 0.373. The van der Waals surface area contributed by atoms with Crippen LogP contribution in [0.2, 0.25) is 0 Å². The minimum absolute atomic E-state index is 0.140. The molecule has 1 aliphatic carbocycles. The molecule has 0 spiro atoms. The summed E-state index contributed by atoms with van der Waals surface area (Å²) < 4.78 is 27.2. The van der Waals surface area contributed by atoms with E-state index in [9.17, 15) is 8.42 Å². The van der Waals surface area contributed by atoms with E-state index in [-0.39, 0.29) is 6.04 Å². The van der Waals surface area contributed by atoms with Gasteiger partial charge in [-0.1, -0.05) is 12.8 Å². The Labute approximate surface area is 125 Å². The van der Waals surface area contributed by atoms with Crippen molar-refractivity contribution in [3.63, 3.8) is 0 Å². The lowest BCUT2D eigenvalue weighted by atomic mass is 10.3. The van der Waals surface area contributed by atoms with Crippen LogP contribution in [0.4, 0.5) is 0 Å². The van der Waals surface area contributed by atoms with Gasteiger partial charge >= 0.3 is 0 Å². The lowest BCUT2D eigenvalue weighted by Gasteiger charge is -2.23. The first-order valence-corrected chi connectivity index (χ1v) is 9.37. The maximum absolute atomic E-state index is 12.5. The van der Waals surface area contributed by atoms with E-state index < -0.39 is 10.0 Å². The summed E-state index contributed by atoms with van der Waals surface area (Å²) in [6.07, 6.45) is 4.14. The molecule has 1 aromatic heterocycles. The van der Waals surface area contributed by atoms with Gasteiger partial charge in [0.1, 0.15) is 4.90 Å². The van der Waals surface area contributed by atoms with Crippen LogP contribution in [0.25, 0.3) is 0 Å². The molecule has 1 aromatic rings. The molecular formula is C11H15BrClNO2S2. The number of halogens is 2. The van der Waals surface area contributed by atoms with Crippen molar-refractivity contribution in [2.24, 2.45) is 0 Å². The van der Waals surface area contributed by atoms with Crippen molar-refractivity contribution >= 4 is 48.9 Å². The zero-order valence-electron chi connectivity index (χ0n) is 10.0. The van der Waals surface area contributed by atoms with Gasteiger partial charge in [-0.2, -0.15) is 4.31 Å². The Morgan fingerprint density at radius 3 is 2.61 bits per heavy atom. The van der Waals surface area contributed by atoms with E-state index in [1.54, 1.807) is 13.1 Å². The molecule has 0 aromatic carbocycles. The van der Waals surface area contributed by atoms with Crippen molar-refractivity contribution in [2.45, 2.75) is 42.5 Å². The summed E-state index contributed by atoms with van der Waals surface area (Å²) in [7, 11) is -1.73. The Morgan fingerprint density at radius 2 is 2.11 bits per heavy atom. The summed E-state index contributed by atoms with van der Waals surface area (Å²) >= 11 is 10.5. The maximum atomic E-state index is 12.5. The molecule has 3 nitrogen and oxygen atoms in total. The van der Waals surface area contributed by atoms with Crippen molar-refractivity contribution in [2.75, 3.05) is 7.05 Å². The zero-order valence-corrected chi connectivity index (χ0v) is 14.0. The van der Waals surface area contributed by atoms with Gasteiger partial charge in [-0.25, -0.2) is 8.42 Å². The quantitative estimate of drug-likeness (QED) is 0.754. The number of thiophene rings is 1. The third kappa shape index (κ3) is 2.77. The van der Waals surface area contributed by atoms with Crippen LogP contribution in [0.1, 0.15) is 30.6 Å². The molecule has 0 atom stereocenters. The third-order valence-electron chi connectivity index (χ3n) is 3.33. The summed E-state index contributed by atoms with van der Waals surface area (Å²) in [5.41, 5.74) is 0. The standard InChI is InChI=1S/C11H15BrClNO2S2/c1-14(8-4-2-3-5-8)18(15,16)10-6-9(7-13)17-11(10)12/h6,8H,2-5,7H2,1H3. The van der Waals surface area contributed by atoms with E-state index in [4.69, 9.17) is 11.6 Å². The highest BCUT2D eigenvalue weighted by molar-refractivity contribution is 9.11. The minimum atomic E-state index is -3.40. The monoisotopic (exact) mass is 371 g/mol. The molecule has 1 heterocycles. The Morgan fingerprint density at radius 1 is 1.50 bits per heavy atom. The van der Waals surface area contributed by atoms with Crippen LogP contribution in [0.3, 0.4) is 0 Å². The first kappa shape index (κ1) is 14.8.